The maximum Gasteiger partial charge on any atom is 0.435 e. The first-order valence-electron chi connectivity index (χ1n) is 11.8. The van der Waals surface area contributed by atoms with Crippen molar-refractivity contribution in [3.63, 3.8) is 0 Å². The summed E-state index contributed by atoms with van der Waals surface area (Å²) in [4.78, 5) is 19.6. The lowest BCUT2D eigenvalue weighted by Crippen LogP contribution is -2.42. The van der Waals surface area contributed by atoms with Crippen molar-refractivity contribution in [2.75, 3.05) is 6.61 Å². The molecule has 10 heteroatoms. The molecule has 2 atom stereocenters. The van der Waals surface area contributed by atoms with Crippen molar-refractivity contribution in [2.45, 2.75) is 75.7 Å². The van der Waals surface area contributed by atoms with E-state index in [9.17, 15) is 18.0 Å². The molecule has 2 unspecified atom stereocenters. The largest absolute Gasteiger partial charge is 0.435 e. The summed E-state index contributed by atoms with van der Waals surface area (Å²) in [6.45, 7) is 0.732. The van der Waals surface area contributed by atoms with E-state index in [2.05, 4.69) is 5.16 Å². The van der Waals surface area contributed by atoms with Crippen LogP contribution in [0.1, 0.15) is 76.2 Å². The smallest absolute Gasteiger partial charge is 0.378 e. The quantitative estimate of drug-likeness (QED) is 0.350. The summed E-state index contributed by atoms with van der Waals surface area (Å²) >= 11 is 13.3. The van der Waals surface area contributed by atoms with Crippen LogP contribution in [0.2, 0.25) is 10.0 Å². The average Bonchev–Trinajstić information content (AvgIpc) is 3.55. The van der Waals surface area contributed by atoms with Crippen LogP contribution in [-0.2, 0) is 28.0 Å². The van der Waals surface area contributed by atoms with Gasteiger partial charge in [-0.1, -0.05) is 28.4 Å². The Morgan fingerprint density at radius 3 is 2.49 bits per heavy atom. The first-order chi connectivity index (χ1) is 16.7. The van der Waals surface area contributed by atoms with E-state index in [0.29, 0.717) is 29.0 Å². The number of fused-ring (bicyclic) bond motifs is 1. The Labute approximate surface area is 215 Å². The molecule has 5 rings (SSSR count). The highest BCUT2D eigenvalue weighted by Gasteiger charge is 2.62. The molecule has 2 aliphatic heterocycles. The van der Waals surface area contributed by atoms with Crippen LogP contribution in [0.4, 0.5) is 13.2 Å². The molecule has 2 aromatic rings. The summed E-state index contributed by atoms with van der Waals surface area (Å²) in [5, 5.41) is 4.11. The Bertz CT molecular complexity index is 1150. The van der Waals surface area contributed by atoms with E-state index < -0.39 is 18.2 Å². The number of Topliss-reactive ketones (excluding diaryl/α,β-unsaturated/α-hetero) is 1. The van der Waals surface area contributed by atoms with Gasteiger partial charge in [0.15, 0.2) is 5.78 Å². The van der Waals surface area contributed by atoms with Crippen molar-refractivity contribution in [3.8, 4) is 0 Å². The monoisotopic (exact) mass is 545 g/mol. The zero-order chi connectivity index (χ0) is 24.8. The Balaban J connectivity index is 1.46. The van der Waals surface area contributed by atoms with Gasteiger partial charge in [0.2, 0.25) is 0 Å². The van der Waals surface area contributed by atoms with Crippen molar-refractivity contribution < 1.29 is 27.5 Å². The molecule has 1 fully saturated rings. The molecule has 0 spiro atoms. The minimum atomic E-state index is -4.76. The van der Waals surface area contributed by atoms with Crippen LogP contribution < -0.4 is 0 Å². The number of halogens is 5. The molecule has 4 nitrogen and oxygen atoms in total. The van der Waals surface area contributed by atoms with E-state index in [1.54, 1.807) is 0 Å². The first kappa shape index (κ1) is 25.1. The third-order valence-corrected chi connectivity index (χ3v) is 8.77. The van der Waals surface area contributed by atoms with Crippen molar-refractivity contribution in [1.29, 1.82) is 0 Å². The fraction of sp³-hybridized carbons (Fsp3) is 0.520. The number of oxime groups is 1. The van der Waals surface area contributed by atoms with Gasteiger partial charge in [0.25, 0.3) is 5.60 Å². The van der Waals surface area contributed by atoms with Gasteiger partial charge >= 0.3 is 6.18 Å². The fourth-order valence-electron chi connectivity index (χ4n) is 5.18. The number of carbonyl (C=O) groups excluding carboxylic acids is 1. The maximum absolute atomic E-state index is 14.4. The Morgan fingerprint density at radius 1 is 1.11 bits per heavy atom. The van der Waals surface area contributed by atoms with Gasteiger partial charge < -0.3 is 9.57 Å². The first-order valence-corrected chi connectivity index (χ1v) is 13.3. The Kier molecular flexibility index (Phi) is 6.94. The number of rotatable bonds is 6. The van der Waals surface area contributed by atoms with Crippen LogP contribution in [-0.4, -0.2) is 30.4 Å². The van der Waals surface area contributed by atoms with Gasteiger partial charge in [-0.05, 0) is 74.3 Å². The minimum Gasteiger partial charge on any atom is -0.378 e. The maximum atomic E-state index is 14.4. The summed E-state index contributed by atoms with van der Waals surface area (Å²) in [5.74, 6) is 0.0260. The van der Waals surface area contributed by atoms with Gasteiger partial charge in [0.1, 0.15) is 5.71 Å². The van der Waals surface area contributed by atoms with E-state index in [1.165, 1.54) is 29.5 Å². The predicted molar refractivity (Wildman–Crippen MR) is 130 cm³/mol. The second kappa shape index (κ2) is 9.69. The lowest BCUT2D eigenvalue weighted by atomic mass is 9.85. The van der Waals surface area contributed by atoms with Gasteiger partial charge in [0.05, 0.1) is 22.3 Å². The molecule has 0 amide bonds. The summed E-state index contributed by atoms with van der Waals surface area (Å²) < 4.78 is 48.9. The standard InChI is InChI=1S/C25H24Cl2F3NO3S/c26-15-10-14(11-16(27)12-15)24(25(28,29)30)13-20(31-34-24)22-18-5-1-2-6-19(18)23(35-22)21(32)8-7-17-4-3-9-33-17/h10-12,17H,1-9,13H2. The molecule has 188 valence electrons. The van der Waals surface area contributed by atoms with E-state index in [4.69, 9.17) is 32.8 Å². The van der Waals surface area contributed by atoms with E-state index >= 15 is 0 Å². The number of thiophene rings is 1. The summed E-state index contributed by atoms with van der Waals surface area (Å²) in [6.07, 6.45) is 1.17. The van der Waals surface area contributed by atoms with Gasteiger partial charge in [-0.15, -0.1) is 11.3 Å². The zero-order valence-corrected chi connectivity index (χ0v) is 21.2. The Morgan fingerprint density at radius 2 is 1.83 bits per heavy atom. The average molecular weight is 546 g/mol. The van der Waals surface area contributed by atoms with Gasteiger partial charge in [-0.3, -0.25) is 4.79 Å². The van der Waals surface area contributed by atoms with Crippen molar-refractivity contribution in [1.82, 2.24) is 0 Å². The molecule has 0 radical (unpaired) electrons. The number of carbonyl (C=O) groups is 1. The lowest BCUT2D eigenvalue weighted by Gasteiger charge is -2.29. The molecule has 0 saturated carbocycles. The fourth-order valence-corrected chi connectivity index (χ4v) is 7.05. The van der Waals surface area contributed by atoms with E-state index in [-0.39, 0.29) is 33.2 Å². The Hall–Kier alpha value is -1.61. The molecule has 1 aliphatic carbocycles. The second-order valence-corrected chi connectivity index (χ2v) is 11.2. The zero-order valence-electron chi connectivity index (χ0n) is 18.9. The van der Waals surface area contributed by atoms with Gasteiger partial charge in [-0.2, -0.15) is 13.2 Å². The summed E-state index contributed by atoms with van der Waals surface area (Å²) in [7, 11) is 0. The topological polar surface area (TPSA) is 47.9 Å². The molecule has 1 aromatic heterocycles. The van der Waals surface area contributed by atoms with E-state index in [0.717, 1.165) is 49.8 Å². The number of ketones is 1. The van der Waals surface area contributed by atoms with Crippen LogP contribution in [0.25, 0.3) is 0 Å². The number of nitrogens with zero attached hydrogens (tertiary/aromatic N) is 1. The highest BCUT2D eigenvalue weighted by Crippen LogP contribution is 2.51. The molecule has 1 saturated heterocycles. The summed E-state index contributed by atoms with van der Waals surface area (Å²) in [5.41, 5.74) is -0.774. The van der Waals surface area contributed by atoms with Crippen LogP contribution in [0.15, 0.2) is 23.4 Å². The lowest BCUT2D eigenvalue weighted by molar-refractivity contribution is -0.275. The van der Waals surface area contributed by atoms with Gasteiger partial charge in [0, 0.05) is 28.6 Å². The number of alkyl halides is 3. The van der Waals surface area contributed by atoms with Crippen molar-refractivity contribution >= 4 is 46.0 Å². The third-order valence-electron chi connectivity index (χ3n) is 6.97. The number of hydrogen-bond acceptors (Lipinski definition) is 5. The van der Waals surface area contributed by atoms with E-state index in [1.807, 2.05) is 0 Å². The number of ether oxygens (including phenoxy) is 1. The summed E-state index contributed by atoms with van der Waals surface area (Å²) in [6, 6.07) is 3.80. The number of hydrogen-bond donors (Lipinski definition) is 0. The molecule has 0 bridgehead atoms. The van der Waals surface area contributed by atoms with Crippen LogP contribution >= 0.6 is 34.5 Å². The SMILES string of the molecule is O=C(CCC1CCCO1)c1sc(C2=NOC(c3cc(Cl)cc(Cl)c3)(C(F)(F)F)C2)c2c1CCCC2. The molecular weight excluding hydrogens is 522 g/mol. The molecule has 35 heavy (non-hydrogen) atoms. The highest BCUT2D eigenvalue weighted by molar-refractivity contribution is 7.16. The molecule has 0 N–H and O–H groups in total. The molecular formula is C25H24Cl2F3NO3S. The van der Waals surface area contributed by atoms with Crippen LogP contribution in [0.3, 0.4) is 0 Å². The minimum absolute atomic E-state index is 0.0260. The highest BCUT2D eigenvalue weighted by atomic mass is 35.5. The van der Waals surface area contributed by atoms with Gasteiger partial charge in [-0.25, -0.2) is 0 Å². The van der Waals surface area contributed by atoms with Crippen LogP contribution in [0.5, 0.6) is 0 Å². The second-order valence-electron chi connectivity index (χ2n) is 9.31. The van der Waals surface area contributed by atoms with Crippen molar-refractivity contribution in [3.05, 3.63) is 54.7 Å². The third kappa shape index (κ3) is 4.75. The predicted octanol–water partition coefficient (Wildman–Crippen LogP) is 7.66. The molecule has 3 heterocycles. The molecule has 1 aromatic carbocycles. The number of benzene rings is 1. The molecule has 3 aliphatic rings. The van der Waals surface area contributed by atoms with Crippen molar-refractivity contribution in [2.24, 2.45) is 5.16 Å². The van der Waals surface area contributed by atoms with Crippen LogP contribution in [0, 0.1) is 0 Å². The normalized spacial score (nSPS) is 24.3.